The highest BCUT2D eigenvalue weighted by Crippen LogP contribution is 2.37. The fourth-order valence-electron chi connectivity index (χ4n) is 6.33. The molecule has 1 unspecified atom stereocenters. The number of fused-ring (bicyclic) bond motifs is 5. The van der Waals surface area contributed by atoms with E-state index < -0.39 is 0 Å². The average molecular weight is 579 g/mol. The minimum atomic E-state index is -0.320. The van der Waals surface area contributed by atoms with Gasteiger partial charge in [0.15, 0.2) is 11.4 Å². The molecule has 1 N–H and O–H groups in total. The van der Waals surface area contributed by atoms with Crippen LogP contribution in [-0.4, -0.2) is 16.7 Å². The predicted molar refractivity (Wildman–Crippen MR) is 184 cm³/mol. The first-order valence-electron chi connectivity index (χ1n) is 15.0. The number of rotatable bonds is 4. The molecule has 1 aliphatic heterocycles. The molecule has 0 radical (unpaired) electrons. The monoisotopic (exact) mass is 578 g/mol. The van der Waals surface area contributed by atoms with Gasteiger partial charge in [0.05, 0.1) is 6.20 Å². The van der Waals surface area contributed by atoms with Crippen molar-refractivity contribution in [3.8, 4) is 11.1 Å². The third-order valence-corrected chi connectivity index (χ3v) is 8.58. The highest BCUT2D eigenvalue weighted by atomic mass is 16.3. The van der Waals surface area contributed by atoms with Crippen molar-refractivity contribution in [1.29, 1.82) is 0 Å². The van der Waals surface area contributed by atoms with E-state index in [-0.39, 0.29) is 6.17 Å². The number of hydrogen-bond acceptors (Lipinski definition) is 5. The Bertz CT molecular complexity index is 2470. The maximum Gasteiger partial charge on any atom is 0.160 e. The topological polar surface area (TPSA) is 62.8 Å². The van der Waals surface area contributed by atoms with Gasteiger partial charge in [0.25, 0.3) is 0 Å². The molecular weight excluding hydrogens is 552 g/mol. The second-order valence-corrected chi connectivity index (χ2v) is 11.4. The lowest BCUT2D eigenvalue weighted by Crippen LogP contribution is -2.33. The van der Waals surface area contributed by atoms with Crippen molar-refractivity contribution in [1.82, 2.24) is 10.3 Å². The predicted octanol–water partition coefficient (Wildman–Crippen LogP) is 9.45. The molecule has 0 saturated carbocycles. The Morgan fingerprint density at radius 1 is 0.578 bits per heavy atom. The fraction of sp³-hybridized carbons (Fsp3) is 0.0250. The summed E-state index contributed by atoms with van der Waals surface area (Å²) >= 11 is 0. The number of pyridine rings is 1. The zero-order valence-corrected chi connectivity index (χ0v) is 24.2. The average Bonchev–Trinajstić information content (AvgIpc) is 3.49. The Kier molecular flexibility index (Phi) is 5.81. The van der Waals surface area contributed by atoms with Crippen LogP contribution in [0.4, 0.5) is 0 Å². The van der Waals surface area contributed by atoms with Crippen LogP contribution < -0.4 is 5.32 Å². The van der Waals surface area contributed by atoms with E-state index in [1.807, 2.05) is 24.3 Å². The standard InChI is InChI=1S/C40H26N4O/c1-2-10-27(11-3-1)38-42-39(31-17-15-26-9-5-7-13-29(26)21-31)44-40(43-38)34-22-32(30-16-14-25-8-4-6-12-28(25)20-30)23-35-37(34)33-18-19-41-24-36(33)45-35/h1-24,38H,(H,42,43,44). The second kappa shape index (κ2) is 10.3. The van der Waals surface area contributed by atoms with E-state index in [0.717, 1.165) is 61.0 Å². The fourth-order valence-corrected chi connectivity index (χ4v) is 6.33. The molecule has 0 bridgehead atoms. The van der Waals surface area contributed by atoms with Crippen LogP contribution in [0.15, 0.2) is 160 Å². The lowest BCUT2D eigenvalue weighted by atomic mass is 9.96. The van der Waals surface area contributed by atoms with Gasteiger partial charge < -0.3 is 9.73 Å². The molecule has 9 rings (SSSR count). The van der Waals surface area contributed by atoms with Gasteiger partial charge in [-0.25, -0.2) is 9.98 Å². The molecule has 1 aliphatic rings. The number of amidine groups is 2. The Labute approximate surface area is 259 Å². The molecule has 0 spiro atoms. The Hall–Kier alpha value is -6.07. The molecule has 1 atom stereocenters. The van der Waals surface area contributed by atoms with Crippen molar-refractivity contribution in [3.63, 3.8) is 0 Å². The first kappa shape index (κ1) is 25.4. The summed E-state index contributed by atoms with van der Waals surface area (Å²) in [5.74, 6) is 1.43. The molecule has 5 heteroatoms. The summed E-state index contributed by atoms with van der Waals surface area (Å²) in [7, 11) is 0. The molecule has 8 aromatic rings. The molecule has 0 fully saturated rings. The summed E-state index contributed by atoms with van der Waals surface area (Å²) in [4.78, 5) is 14.8. The van der Waals surface area contributed by atoms with E-state index in [0.29, 0.717) is 5.84 Å². The van der Waals surface area contributed by atoms with Gasteiger partial charge in [-0.1, -0.05) is 103 Å². The second-order valence-electron chi connectivity index (χ2n) is 11.4. The number of nitrogens with zero attached hydrogens (tertiary/aromatic N) is 3. The summed E-state index contributed by atoms with van der Waals surface area (Å²) in [5.41, 5.74) is 6.63. The number of furan rings is 1. The van der Waals surface area contributed by atoms with Crippen LogP contribution in [-0.2, 0) is 0 Å². The highest BCUT2D eigenvalue weighted by Gasteiger charge is 2.24. The lowest BCUT2D eigenvalue weighted by Gasteiger charge is -2.24. The molecule has 0 aliphatic carbocycles. The van der Waals surface area contributed by atoms with Crippen LogP contribution in [0.25, 0.3) is 54.6 Å². The highest BCUT2D eigenvalue weighted by molar-refractivity contribution is 6.22. The molecule has 45 heavy (non-hydrogen) atoms. The van der Waals surface area contributed by atoms with Crippen LogP contribution in [0, 0.1) is 0 Å². The van der Waals surface area contributed by atoms with Crippen LogP contribution in [0.5, 0.6) is 0 Å². The van der Waals surface area contributed by atoms with Crippen LogP contribution >= 0.6 is 0 Å². The minimum absolute atomic E-state index is 0.320. The smallest absolute Gasteiger partial charge is 0.160 e. The molecular formula is C40H26N4O. The summed E-state index contributed by atoms with van der Waals surface area (Å²) in [6.45, 7) is 0. The van der Waals surface area contributed by atoms with Crippen molar-refractivity contribution in [2.24, 2.45) is 9.98 Å². The minimum Gasteiger partial charge on any atom is -0.454 e. The number of aromatic nitrogens is 1. The molecule has 2 aromatic heterocycles. The molecule has 0 saturated heterocycles. The molecule has 6 aromatic carbocycles. The molecule has 0 amide bonds. The summed E-state index contributed by atoms with van der Waals surface area (Å²) < 4.78 is 6.42. The van der Waals surface area contributed by atoms with E-state index >= 15 is 0 Å². The van der Waals surface area contributed by atoms with E-state index in [1.165, 1.54) is 16.2 Å². The van der Waals surface area contributed by atoms with Gasteiger partial charge in [-0.3, -0.25) is 4.98 Å². The van der Waals surface area contributed by atoms with E-state index in [1.54, 1.807) is 12.4 Å². The zero-order valence-electron chi connectivity index (χ0n) is 24.2. The van der Waals surface area contributed by atoms with Crippen molar-refractivity contribution >= 4 is 55.2 Å². The summed E-state index contributed by atoms with van der Waals surface area (Å²) in [5, 5.41) is 10.3. The van der Waals surface area contributed by atoms with E-state index in [9.17, 15) is 0 Å². The Morgan fingerprint density at radius 3 is 2.04 bits per heavy atom. The Balaban J connectivity index is 1.29. The SMILES string of the molecule is c1ccc(C2N=C(c3cc(-c4ccc5ccccc5c4)cc4oc5cnccc5c34)N=C(c3ccc4ccccc4c3)N2)cc1. The van der Waals surface area contributed by atoms with Gasteiger partial charge in [-0.2, -0.15) is 0 Å². The van der Waals surface area contributed by atoms with Gasteiger partial charge in [0.1, 0.15) is 17.6 Å². The molecule has 3 heterocycles. The van der Waals surface area contributed by atoms with E-state index in [4.69, 9.17) is 14.4 Å². The summed E-state index contributed by atoms with van der Waals surface area (Å²) in [6.07, 6.45) is 3.26. The number of nitrogens with one attached hydrogen (secondary N) is 1. The van der Waals surface area contributed by atoms with Gasteiger partial charge >= 0.3 is 0 Å². The zero-order chi connectivity index (χ0) is 29.7. The van der Waals surface area contributed by atoms with Crippen LogP contribution in [0.3, 0.4) is 0 Å². The van der Waals surface area contributed by atoms with Gasteiger partial charge in [0.2, 0.25) is 0 Å². The van der Waals surface area contributed by atoms with Crippen molar-refractivity contribution in [2.45, 2.75) is 6.17 Å². The largest absolute Gasteiger partial charge is 0.454 e. The molecule has 212 valence electrons. The quantitative estimate of drug-likeness (QED) is 0.226. The maximum absolute atomic E-state index is 6.42. The number of hydrogen-bond donors (Lipinski definition) is 1. The van der Waals surface area contributed by atoms with Crippen LogP contribution in [0.2, 0.25) is 0 Å². The van der Waals surface area contributed by atoms with Crippen LogP contribution in [0.1, 0.15) is 22.9 Å². The van der Waals surface area contributed by atoms with Gasteiger partial charge in [0, 0.05) is 28.1 Å². The normalized spacial score (nSPS) is 14.9. The maximum atomic E-state index is 6.42. The first-order chi connectivity index (χ1) is 22.3. The summed E-state index contributed by atoms with van der Waals surface area (Å²) in [6, 6.07) is 46.5. The van der Waals surface area contributed by atoms with Crippen molar-refractivity contribution < 1.29 is 4.42 Å². The first-order valence-corrected chi connectivity index (χ1v) is 15.0. The van der Waals surface area contributed by atoms with Gasteiger partial charge in [-0.05, 0) is 68.6 Å². The number of aliphatic imine (C=N–C) groups is 2. The third kappa shape index (κ3) is 4.45. The number of benzene rings is 6. The van der Waals surface area contributed by atoms with E-state index in [2.05, 4.69) is 119 Å². The van der Waals surface area contributed by atoms with Crippen molar-refractivity contribution in [2.75, 3.05) is 0 Å². The molecule has 5 nitrogen and oxygen atoms in total. The lowest BCUT2D eigenvalue weighted by molar-refractivity contribution is 0.666. The van der Waals surface area contributed by atoms with Crippen molar-refractivity contribution in [3.05, 3.63) is 163 Å². The Morgan fingerprint density at radius 2 is 1.27 bits per heavy atom. The van der Waals surface area contributed by atoms with Gasteiger partial charge in [-0.15, -0.1) is 0 Å². The third-order valence-electron chi connectivity index (χ3n) is 8.58.